The van der Waals surface area contributed by atoms with Crippen LogP contribution in [-0.4, -0.2) is 39.8 Å². The molecule has 3 N–H and O–H groups in total. The highest BCUT2D eigenvalue weighted by Crippen LogP contribution is 2.17. The van der Waals surface area contributed by atoms with Gasteiger partial charge >= 0.3 is 11.8 Å². The van der Waals surface area contributed by atoms with Crippen LogP contribution in [-0.2, 0) is 14.3 Å². The number of hydrogen-bond donors (Lipinski definition) is 3. The van der Waals surface area contributed by atoms with E-state index < -0.39 is 36.0 Å². The van der Waals surface area contributed by atoms with Crippen molar-refractivity contribution < 1.29 is 29.6 Å². The molecule has 0 aromatic heterocycles. The lowest BCUT2D eigenvalue weighted by Gasteiger charge is -2.05. The summed E-state index contributed by atoms with van der Waals surface area (Å²) in [7, 11) is 0. The molecule has 0 radical (unpaired) electrons. The molecule has 1 rings (SSSR count). The predicted octanol–water partition coefficient (Wildman–Crippen LogP) is -1.76. The van der Waals surface area contributed by atoms with Gasteiger partial charge in [-0.25, -0.2) is 4.79 Å². The molecule has 0 unspecified atom stereocenters. The smallest absolute Gasteiger partial charge is 0.388 e. The minimum atomic E-state index is -1.54. The number of hydrogen-bond acceptors (Lipinski definition) is 6. The minimum Gasteiger partial charge on any atom is -0.502 e. The fraction of sp³-hybridized carbons (Fsp3) is 0.333. The number of rotatable bonds is 2. The van der Waals surface area contributed by atoms with Crippen LogP contribution >= 0.6 is 0 Å². The number of aliphatic hydroxyl groups excluding tert-OH is 3. The molecule has 0 spiro atoms. The third-order valence-electron chi connectivity index (χ3n) is 1.31. The maximum Gasteiger partial charge on any atom is 0.388 e. The van der Waals surface area contributed by atoms with E-state index >= 15 is 0 Å². The molecule has 1 heterocycles. The summed E-state index contributed by atoms with van der Waals surface area (Å²) in [4.78, 5) is 21.0. The first kappa shape index (κ1) is 8.69. The van der Waals surface area contributed by atoms with Crippen LogP contribution in [0.15, 0.2) is 11.5 Å². The van der Waals surface area contributed by atoms with Gasteiger partial charge in [-0.2, -0.15) is 0 Å². The molecule has 0 saturated heterocycles. The lowest BCUT2D eigenvalue weighted by Crippen LogP contribution is -2.17. The Morgan fingerprint density at radius 1 is 1.42 bits per heavy atom. The molecule has 0 bridgehead atoms. The number of ether oxygens (including phenoxy) is 1. The molecule has 0 aromatic rings. The van der Waals surface area contributed by atoms with Crippen LogP contribution in [0.5, 0.6) is 0 Å². The fourth-order valence-electron chi connectivity index (χ4n) is 0.712. The summed E-state index contributed by atoms with van der Waals surface area (Å²) < 4.78 is 4.17. The first-order chi connectivity index (χ1) is 5.57. The minimum absolute atomic E-state index is 0.590. The third-order valence-corrected chi connectivity index (χ3v) is 1.31. The summed E-state index contributed by atoms with van der Waals surface area (Å²) >= 11 is 0. The second-order valence-electron chi connectivity index (χ2n) is 2.13. The van der Waals surface area contributed by atoms with Crippen molar-refractivity contribution in [3.8, 4) is 0 Å². The Morgan fingerprint density at radius 3 is 2.33 bits per heavy atom. The highest BCUT2D eigenvalue weighted by molar-refractivity contribution is 6.41. The van der Waals surface area contributed by atoms with Gasteiger partial charge in [0.25, 0.3) is 0 Å². The first-order valence-corrected chi connectivity index (χ1v) is 3.06. The van der Waals surface area contributed by atoms with Gasteiger partial charge in [0.1, 0.15) is 6.10 Å². The summed E-state index contributed by atoms with van der Waals surface area (Å²) in [5.41, 5.74) is 0. The van der Waals surface area contributed by atoms with Crippen LogP contribution in [0.3, 0.4) is 0 Å². The largest absolute Gasteiger partial charge is 0.502 e. The Hall–Kier alpha value is -1.40. The van der Waals surface area contributed by atoms with Crippen molar-refractivity contribution in [2.45, 2.75) is 6.10 Å². The molecular formula is C6H6O6. The van der Waals surface area contributed by atoms with Crippen molar-refractivity contribution >= 4 is 11.8 Å². The van der Waals surface area contributed by atoms with Crippen molar-refractivity contribution in [2.75, 3.05) is 6.61 Å². The van der Waals surface area contributed by atoms with Gasteiger partial charge in [0.05, 0.1) is 6.61 Å². The number of esters is 1. The highest BCUT2D eigenvalue weighted by atomic mass is 16.6. The molecule has 0 saturated carbocycles. The van der Waals surface area contributed by atoms with E-state index in [0.717, 1.165) is 0 Å². The average molecular weight is 174 g/mol. The molecule has 12 heavy (non-hydrogen) atoms. The Bertz CT molecular complexity index is 265. The zero-order valence-electron chi connectivity index (χ0n) is 5.85. The quantitative estimate of drug-likeness (QED) is 0.338. The number of carbonyl (C=O) groups is 2. The van der Waals surface area contributed by atoms with Crippen LogP contribution in [0, 0.1) is 0 Å². The molecule has 6 heteroatoms. The van der Waals surface area contributed by atoms with Gasteiger partial charge in [-0.3, -0.25) is 4.79 Å². The van der Waals surface area contributed by atoms with Crippen molar-refractivity contribution in [1.82, 2.24) is 0 Å². The molecule has 1 aliphatic heterocycles. The van der Waals surface area contributed by atoms with Crippen LogP contribution in [0.25, 0.3) is 0 Å². The Kier molecular flexibility index (Phi) is 2.11. The van der Waals surface area contributed by atoms with Crippen molar-refractivity contribution in [2.24, 2.45) is 0 Å². The van der Waals surface area contributed by atoms with E-state index in [4.69, 9.17) is 15.3 Å². The SMILES string of the molecule is O=C1OC([C@@H](O)CO)=C(O)C1=O. The van der Waals surface area contributed by atoms with Gasteiger partial charge in [0, 0.05) is 0 Å². The molecule has 0 fully saturated rings. The molecule has 1 atom stereocenters. The van der Waals surface area contributed by atoms with E-state index in [1.54, 1.807) is 0 Å². The second-order valence-corrected chi connectivity index (χ2v) is 2.13. The van der Waals surface area contributed by atoms with Crippen LogP contribution in [0.4, 0.5) is 0 Å². The van der Waals surface area contributed by atoms with Crippen molar-refractivity contribution in [1.29, 1.82) is 0 Å². The van der Waals surface area contributed by atoms with E-state index in [1.165, 1.54) is 0 Å². The lowest BCUT2D eigenvalue weighted by molar-refractivity contribution is -0.147. The summed E-state index contributed by atoms with van der Waals surface area (Å²) in [6.07, 6.45) is -1.54. The molecule has 66 valence electrons. The fourth-order valence-corrected chi connectivity index (χ4v) is 0.712. The molecule has 0 amide bonds. The number of carbonyl (C=O) groups excluding carboxylic acids is 2. The van der Waals surface area contributed by atoms with Gasteiger partial charge < -0.3 is 20.1 Å². The van der Waals surface area contributed by atoms with E-state index in [9.17, 15) is 9.59 Å². The average Bonchev–Trinajstić information content (AvgIpc) is 2.32. The highest BCUT2D eigenvalue weighted by Gasteiger charge is 2.37. The summed E-state index contributed by atoms with van der Waals surface area (Å²) in [5.74, 6) is -4.00. The predicted molar refractivity (Wildman–Crippen MR) is 33.8 cm³/mol. The lowest BCUT2D eigenvalue weighted by atomic mass is 10.2. The van der Waals surface area contributed by atoms with Gasteiger partial charge in [-0.1, -0.05) is 0 Å². The molecule has 6 nitrogen and oxygen atoms in total. The zero-order valence-corrected chi connectivity index (χ0v) is 5.85. The van der Waals surface area contributed by atoms with Crippen LogP contribution < -0.4 is 0 Å². The maximum absolute atomic E-state index is 10.6. The number of cyclic esters (lactones) is 1. The molecule has 1 aliphatic rings. The third kappa shape index (κ3) is 1.17. The van der Waals surface area contributed by atoms with E-state index in [0.29, 0.717) is 0 Å². The van der Waals surface area contributed by atoms with Gasteiger partial charge in [-0.15, -0.1) is 0 Å². The maximum atomic E-state index is 10.6. The van der Waals surface area contributed by atoms with Gasteiger partial charge in [-0.05, 0) is 0 Å². The zero-order chi connectivity index (χ0) is 9.30. The monoisotopic (exact) mass is 174 g/mol. The first-order valence-electron chi connectivity index (χ1n) is 3.06. The molecular weight excluding hydrogens is 168 g/mol. The second kappa shape index (κ2) is 2.92. The summed E-state index contributed by atoms with van der Waals surface area (Å²) in [6.45, 7) is -0.736. The summed E-state index contributed by atoms with van der Waals surface area (Å²) in [5, 5.41) is 26.1. The summed E-state index contributed by atoms with van der Waals surface area (Å²) in [6, 6.07) is 0. The van der Waals surface area contributed by atoms with E-state index in [-0.39, 0.29) is 0 Å². The van der Waals surface area contributed by atoms with Crippen LogP contribution in [0.2, 0.25) is 0 Å². The van der Waals surface area contributed by atoms with Gasteiger partial charge in [0.15, 0.2) is 5.76 Å². The van der Waals surface area contributed by atoms with Crippen LogP contribution in [0.1, 0.15) is 0 Å². The van der Waals surface area contributed by atoms with Crippen molar-refractivity contribution in [3.63, 3.8) is 0 Å². The standard InChI is InChI=1S/C6H6O6/c7-1-2(8)5-3(9)4(10)6(11)12-5/h2,7-9H,1H2/t2-/m0/s1. The Labute approximate surface area is 66.7 Å². The molecule has 0 aromatic carbocycles. The van der Waals surface area contributed by atoms with E-state index in [2.05, 4.69) is 4.74 Å². The Morgan fingerprint density at radius 2 is 2.00 bits per heavy atom. The van der Waals surface area contributed by atoms with Crippen molar-refractivity contribution in [3.05, 3.63) is 11.5 Å². The number of aliphatic hydroxyl groups is 3. The van der Waals surface area contributed by atoms with E-state index in [1.807, 2.05) is 0 Å². The normalized spacial score (nSPS) is 19.8. The number of ketones is 1. The molecule has 0 aliphatic carbocycles. The Balaban J connectivity index is 2.92. The number of Topliss-reactive ketones (excluding diaryl/α,β-unsaturated/α-hetero) is 1. The van der Waals surface area contributed by atoms with Gasteiger partial charge in [0.2, 0.25) is 5.76 Å². The topological polar surface area (TPSA) is 104 Å².